The molecule has 2 aromatic carbocycles. The van der Waals surface area contributed by atoms with Crippen molar-refractivity contribution in [3.05, 3.63) is 59.8 Å². The Morgan fingerprint density at radius 2 is 2.04 bits per heavy atom. The van der Waals surface area contributed by atoms with E-state index in [0.29, 0.717) is 5.11 Å². The van der Waals surface area contributed by atoms with Gasteiger partial charge in [0, 0.05) is 30.1 Å². The summed E-state index contributed by atoms with van der Waals surface area (Å²) in [5.41, 5.74) is 2.71. The van der Waals surface area contributed by atoms with E-state index in [1.165, 1.54) is 6.42 Å². The molecule has 6 heteroatoms. The van der Waals surface area contributed by atoms with Gasteiger partial charge in [0.1, 0.15) is 17.1 Å². The highest BCUT2D eigenvalue weighted by molar-refractivity contribution is 7.80. The molecule has 0 aliphatic carbocycles. The van der Waals surface area contributed by atoms with Crippen molar-refractivity contribution in [2.75, 3.05) is 12.4 Å². The Hall–Kier alpha value is -2.73. The lowest BCUT2D eigenvalue weighted by Crippen LogP contribution is -2.28. The quantitative estimate of drug-likeness (QED) is 0.683. The van der Waals surface area contributed by atoms with E-state index in [4.69, 9.17) is 26.9 Å². The van der Waals surface area contributed by atoms with E-state index >= 15 is 0 Å². The van der Waals surface area contributed by atoms with Crippen LogP contribution in [0.25, 0.3) is 10.9 Å². The molecule has 27 heavy (non-hydrogen) atoms. The largest absolute Gasteiger partial charge is 0.497 e. The van der Waals surface area contributed by atoms with Gasteiger partial charge in [-0.3, -0.25) is 0 Å². The van der Waals surface area contributed by atoms with Crippen LogP contribution in [-0.4, -0.2) is 21.8 Å². The number of aryl methyl sites for hydroxylation is 1. The predicted molar refractivity (Wildman–Crippen MR) is 112 cm³/mol. The van der Waals surface area contributed by atoms with E-state index in [1.807, 2.05) is 42.5 Å². The van der Waals surface area contributed by atoms with Gasteiger partial charge < -0.3 is 14.6 Å². The molecule has 0 saturated carbocycles. The first kappa shape index (κ1) is 17.7. The first-order valence-electron chi connectivity index (χ1n) is 9.23. The second-order valence-electron chi connectivity index (χ2n) is 6.60. The van der Waals surface area contributed by atoms with E-state index in [0.717, 1.165) is 59.5 Å². The second-order valence-corrected chi connectivity index (χ2v) is 6.99. The Kier molecular flexibility index (Phi) is 5.16. The molecule has 1 aromatic heterocycles. The van der Waals surface area contributed by atoms with Crippen molar-refractivity contribution in [3.63, 3.8) is 0 Å². The zero-order valence-corrected chi connectivity index (χ0v) is 16.1. The summed E-state index contributed by atoms with van der Waals surface area (Å²) < 4.78 is 7.51. The zero-order valence-electron chi connectivity index (χ0n) is 15.3. The number of aromatic nitrogens is 2. The molecule has 0 saturated heterocycles. The van der Waals surface area contributed by atoms with Gasteiger partial charge in [-0.05, 0) is 49.3 Å². The SMILES string of the molecule is COc1cccc(NC(=S)N=c2c3ccccc3nc3n2CCCCC3)c1. The molecule has 0 fully saturated rings. The molecule has 1 aliphatic rings. The predicted octanol–water partition coefficient (Wildman–Crippen LogP) is 4.07. The van der Waals surface area contributed by atoms with Crippen molar-refractivity contribution in [2.24, 2.45) is 4.99 Å². The number of methoxy groups -OCH3 is 1. The maximum absolute atomic E-state index is 5.55. The number of nitrogens with one attached hydrogen (secondary N) is 1. The number of hydrogen-bond acceptors (Lipinski definition) is 3. The lowest BCUT2D eigenvalue weighted by molar-refractivity contribution is 0.415. The lowest BCUT2D eigenvalue weighted by Gasteiger charge is -2.13. The van der Waals surface area contributed by atoms with Crippen LogP contribution < -0.4 is 15.5 Å². The number of para-hydroxylation sites is 1. The summed E-state index contributed by atoms with van der Waals surface area (Å²) in [6.07, 6.45) is 4.49. The number of nitrogens with zero attached hydrogens (tertiary/aromatic N) is 3. The van der Waals surface area contributed by atoms with Gasteiger partial charge in [-0.2, -0.15) is 0 Å². The number of fused-ring (bicyclic) bond motifs is 2. The average Bonchev–Trinajstić information content (AvgIpc) is 2.93. The first-order chi connectivity index (χ1) is 13.2. The molecule has 1 aliphatic heterocycles. The molecule has 0 unspecified atom stereocenters. The van der Waals surface area contributed by atoms with Crippen LogP contribution in [0.5, 0.6) is 5.75 Å². The highest BCUT2D eigenvalue weighted by atomic mass is 32.1. The Balaban J connectivity index is 1.79. The molecule has 5 nitrogen and oxygen atoms in total. The summed E-state index contributed by atoms with van der Waals surface area (Å²) in [5.74, 6) is 1.87. The third-order valence-corrected chi connectivity index (χ3v) is 4.97. The van der Waals surface area contributed by atoms with Gasteiger partial charge in [-0.15, -0.1) is 0 Å². The van der Waals surface area contributed by atoms with Crippen molar-refractivity contribution in [3.8, 4) is 5.75 Å². The average molecular weight is 379 g/mol. The van der Waals surface area contributed by atoms with Crippen LogP contribution in [-0.2, 0) is 13.0 Å². The lowest BCUT2D eigenvalue weighted by atomic mass is 10.2. The molecular weight excluding hydrogens is 356 g/mol. The van der Waals surface area contributed by atoms with Crippen LogP contribution in [0.3, 0.4) is 0 Å². The summed E-state index contributed by atoms with van der Waals surface area (Å²) >= 11 is 5.55. The van der Waals surface area contributed by atoms with E-state index in [2.05, 4.69) is 16.0 Å². The van der Waals surface area contributed by atoms with Crippen LogP contribution in [0.4, 0.5) is 5.69 Å². The third-order valence-electron chi connectivity index (χ3n) is 4.77. The van der Waals surface area contributed by atoms with Gasteiger partial charge in [-0.1, -0.05) is 24.6 Å². The monoisotopic (exact) mass is 378 g/mol. The molecule has 0 spiro atoms. The highest BCUT2D eigenvalue weighted by Gasteiger charge is 2.13. The second kappa shape index (κ2) is 7.88. The summed E-state index contributed by atoms with van der Waals surface area (Å²) in [6, 6.07) is 15.8. The summed E-state index contributed by atoms with van der Waals surface area (Å²) in [4.78, 5) is 9.67. The van der Waals surface area contributed by atoms with Crippen LogP contribution in [0, 0.1) is 0 Å². The van der Waals surface area contributed by atoms with Crippen molar-refractivity contribution >= 4 is 33.9 Å². The van der Waals surface area contributed by atoms with E-state index < -0.39 is 0 Å². The fraction of sp³-hybridized carbons (Fsp3) is 0.286. The third kappa shape index (κ3) is 3.85. The minimum atomic E-state index is 0.429. The number of hydrogen-bond donors (Lipinski definition) is 1. The number of thiocarbonyl (C=S) groups is 1. The normalized spacial score (nSPS) is 14.5. The van der Waals surface area contributed by atoms with E-state index in [1.54, 1.807) is 7.11 Å². The Labute approximate surface area is 163 Å². The molecule has 138 valence electrons. The van der Waals surface area contributed by atoms with E-state index in [9.17, 15) is 0 Å². The fourth-order valence-corrected chi connectivity index (χ4v) is 3.66. The topological polar surface area (TPSA) is 51.4 Å². The molecule has 3 aromatic rings. The van der Waals surface area contributed by atoms with Crippen molar-refractivity contribution in [1.29, 1.82) is 0 Å². The minimum Gasteiger partial charge on any atom is -0.497 e. The zero-order chi connectivity index (χ0) is 18.6. The molecule has 0 radical (unpaired) electrons. The molecule has 4 rings (SSSR count). The van der Waals surface area contributed by atoms with Gasteiger partial charge in [0.05, 0.1) is 12.6 Å². The number of rotatable bonds is 2. The maximum atomic E-state index is 5.55. The number of ether oxygens (including phenoxy) is 1. The number of benzene rings is 2. The molecule has 0 amide bonds. The Bertz CT molecular complexity index is 1060. The van der Waals surface area contributed by atoms with Gasteiger partial charge in [-0.25, -0.2) is 9.98 Å². The molecular formula is C21H22N4OS. The highest BCUT2D eigenvalue weighted by Crippen LogP contribution is 2.17. The van der Waals surface area contributed by atoms with Gasteiger partial charge >= 0.3 is 0 Å². The van der Waals surface area contributed by atoms with Gasteiger partial charge in [0.25, 0.3) is 0 Å². The van der Waals surface area contributed by atoms with Crippen LogP contribution in [0.15, 0.2) is 53.5 Å². The standard InChI is InChI=1S/C21H22N4OS/c1-26-16-9-7-8-15(14-16)22-21(27)24-20-17-10-4-5-11-18(17)23-19-12-3-2-6-13-25(19)20/h4-5,7-11,14H,2-3,6,12-13H2,1H3,(H,22,27). The Morgan fingerprint density at radius 1 is 1.15 bits per heavy atom. The van der Waals surface area contributed by atoms with Gasteiger partial charge in [0.2, 0.25) is 0 Å². The molecule has 0 atom stereocenters. The molecule has 0 bridgehead atoms. The van der Waals surface area contributed by atoms with Crippen molar-refractivity contribution in [1.82, 2.24) is 9.55 Å². The maximum Gasteiger partial charge on any atom is 0.199 e. The van der Waals surface area contributed by atoms with Crippen LogP contribution >= 0.6 is 12.2 Å². The minimum absolute atomic E-state index is 0.429. The fourth-order valence-electron chi connectivity index (χ4n) is 3.45. The molecule has 1 N–H and O–H groups in total. The van der Waals surface area contributed by atoms with E-state index in [-0.39, 0.29) is 0 Å². The molecule has 2 heterocycles. The summed E-state index contributed by atoms with van der Waals surface area (Å²) in [5, 5.41) is 4.66. The van der Waals surface area contributed by atoms with Crippen molar-refractivity contribution < 1.29 is 4.74 Å². The van der Waals surface area contributed by atoms with Crippen LogP contribution in [0.1, 0.15) is 25.1 Å². The van der Waals surface area contributed by atoms with Crippen LogP contribution in [0.2, 0.25) is 0 Å². The summed E-state index contributed by atoms with van der Waals surface area (Å²) in [7, 11) is 1.65. The Morgan fingerprint density at radius 3 is 2.93 bits per heavy atom. The van der Waals surface area contributed by atoms with Crippen molar-refractivity contribution in [2.45, 2.75) is 32.2 Å². The smallest absolute Gasteiger partial charge is 0.199 e. The van der Waals surface area contributed by atoms with Gasteiger partial charge in [0.15, 0.2) is 5.11 Å². The number of anilines is 1. The summed E-state index contributed by atoms with van der Waals surface area (Å²) in [6.45, 7) is 0.924. The first-order valence-corrected chi connectivity index (χ1v) is 9.63.